The van der Waals surface area contributed by atoms with Gasteiger partial charge in [0.2, 0.25) is 0 Å². The molecule has 8 nitrogen and oxygen atoms in total. The summed E-state index contributed by atoms with van der Waals surface area (Å²) in [7, 11) is 1.82. The number of carbonyl (C=O) groups excluding carboxylic acids is 1. The second-order valence-electron chi connectivity index (χ2n) is 6.77. The SMILES string of the molecule is CC(C)Oc1cccc2c1c(NC(=O)c1cnc(-c3ccncc3)nc1)nn2C. The largest absolute Gasteiger partial charge is 0.490 e. The highest BCUT2D eigenvalue weighted by Gasteiger charge is 2.18. The minimum Gasteiger partial charge on any atom is -0.490 e. The Kier molecular flexibility index (Phi) is 4.90. The third kappa shape index (κ3) is 3.77. The quantitative estimate of drug-likeness (QED) is 0.563. The fourth-order valence-corrected chi connectivity index (χ4v) is 3.00. The number of rotatable bonds is 5. The van der Waals surface area contributed by atoms with Gasteiger partial charge in [0.15, 0.2) is 11.6 Å². The lowest BCUT2D eigenvalue weighted by Crippen LogP contribution is -2.14. The molecular weight excluding hydrogens is 368 g/mol. The number of hydrogen-bond acceptors (Lipinski definition) is 6. The maximum Gasteiger partial charge on any atom is 0.260 e. The fraction of sp³-hybridized carbons (Fsp3) is 0.190. The van der Waals surface area contributed by atoms with Crippen molar-refractivity contribution >= 4 is 22.6 Å². The van der Waals surface area contributed by atoms with Crippen LogP contribution < -0.4 is 10.1 Å². The molecule has 0 spiro atoms. The Labute approximate surface area is 167 Å². The zero-order chi connectivity index (χ0) is 20.4. The molecular formula is C21H20N6O2. The lowest BCUT2D eigenvalue weighted by Gasteiger charge is -2.11. The van der Waals surface area contributed by atoms with E-state index in [1.54, 1.807) is 17.1 Å². The molecule has 0 atom stereocenters. The van der Waals surface area contributed by atoms with Crippen molar-refractivity contribution < 1.29 is 9.53 Å². The molecule has 3 heterocycles. The second-order valence-corrected chi connectivity index (χ2v) is 6.77. The van der Waals surface area contributed by atoms with Crippen molar-refractivity contribution in [3.8, 4) is 17.1 Å². The van der Waals surface area contributed by atoms with E-state index in [2.05, 4.69) is 25.4 Å². The maximum atomic E-state index is 12.8. The molecule has 0 saturated heterocycles. The fourth-order valence-electron chi connectivity index (χ4n) is 3.00. The summed E-state index contributed by atoms with van der Waals surface area (Å²) >= 11 is 0. The number of amides is 1. The number of nitrogens with one attached hydrogen (secondary N) is 1. The first-order valence-corrected chi connectivity index (χ1v) is 9.19. The van der Waals surface area contributed by atoms with E-state index in [0.717, 1.165) is 16.5 Å². The Hall–Kier alpha value is -3.81. The van der Waals surface area contributed by atoms with Gasteiger partial charge in [0.1, 0.15) is 5.75 Å². The van der Waals surface area contributed by atoms with Crippen LogP contribution in [0.4, 0.5) is 5.82 Å². The van der Waals surface area contributed by atoms with Gasteiger partial charge in [-0.1, -0.05) is 6.07 Å². The van der Waals surface area contributed by atoms with E-state index in [9.17, 15) is 4.79 Å². The monoisotopic (exact) mass is 388 g/mol. The molecule has 8 heteroatoms. The molecule has 0 aliphatic rings. The van der Waals surface area contributed by atoms with Crippen molar-refractivity contribution in [2.24, 2.45) is 7.05 Å². The van der Waals surface area contributed by atoms with Gasteiger partial charge in [-0.2, -0.15) is 5.10 Å². The zero-order valence-electron chi connectivity index (χ0n) is 16.3. The minimum atomic E-state index is -0.342. The number of carbonyl (C=O) groups is 1. The number of anilines is 1. The maximum absolute atomic E-state index is 12.8. The topological polar surface area (TPSA) is 94.8 Å². The van der Waals surface area contributed by atoms with Crippen LogP contribution in [-0.4, -0.2) is 36.7 Å². The Morgan fingerprint density at radius 2 is 1.83 bits per heavy atom. The number of pyridine rings is 1. The highest BCUT2D eigenvalue weighted by atomic mass is 16.5. The molecule has 1 amide bonds. The van der Waals surface area contributed by atoms with E-state index in [1.165, 1.54) is 12.4 Å². The summed E-state index contributed by atoms with van der Waals surface area (Å²) in [5, 5.41) is 8.06. The molecule has 4 rings (SSSR count). The Bertz CT molecular complexity index is 1150. The highest BCUT2D eigenvalue weighted by Crippen LogP contribution is 2.32. The lowest BCUT2D eigenvalue weighted by molar-refractivity contribution is 0.102. The van der Waals surface area contributed by atoms with Gasteiger partial charge in [-0.05, 0) is 38.1 Å². The van der Waals surface area contributed by atoms with Crippen molar-refractivity contribution in [3.63, 3.8) is 0 Å². The predicted molar refractivity (Wildman–Crippen MR) is 110 cm³/mol. The number of aryl methyl sites for hydroxylation is 1. The minimum absolute atomic E-state index is 0.00140. The van der Waals surface area contributed by atoms with Crippen LogP contribution in [0.15, 0.2) is 55.1 Å². The van der Waals surface area contributed by atoms with E-state index in [4.69, 9.17) is 4.74 Å². The number of ether oxygens (including phenoxy) is 1. The first-order valence-electron chi connectivity index (χ1n) is 9.19. The average Bonchev–Trinajstić information content (AvgIpc) is 3.05. The van der Waals surface area contributed by atoms with Gasteiger partial charge in [-0.3, -0.25) is 14.5 Å². The third-order valence-corrected chi connectivity index (χ3v) is 4.29. The van der Waals surface area contributed by atoms with E-state index < -0.39 is 0 Å². The summed E-state index contributed by atoms with van der Waals surface area (Å²) in [6.45, 7) is 3.91. The van der Waals surface area contributed by atoms with Crippen LogP contribution in [0.2, 0.25) is 0 Å². The van der Waals surface area contributed by atoms with Gasteiger partial charge < -0.3 is 10.1 Å². The molecule has 0 radical (unpaired) electrons. The third-order valence-electron chi connectivity index (χ3n) is 4.29. The van der Waals surface area contributed by atoms with Gasteiger partial charge in [-0.15, -0.1) is 0 Å². The molecule has 146 valence electrons. The standard InChI is InChI=1S/C21H20N6O2/c1-13(2)29-17-6-4-5-16-18(17)20(26-27(16)3)25-21(28)15-11-23-19(24-12-15)14-7-9-22-10-8-14/h4-13H,1-3H3,(H,25,26,28). The summed E-state index contributed by atoms with van der Waals surface area (Å²) in [6.07, 6.45) is 6.33. The number of aromatic nitrogens is 5. The zero-order valence-corrected chi connectivity index (χ0v) is 16.3. The average molecular weight is 388 g/mol. The van der Waals surface area contributed by atoms with Gasteiger partial charge in [0.25, 0.3) is 5.91 Å². The van der Waals surface area contributed by atoms with E-state index in [1.807, 2.05) is 51.2 Å². The van der Waals surface area contributed by atoms with E-state index in [-0.39, 0.29) is 12.0 Å². The summed E-state index contributed by atoms with van der Waals surface area (Å²) in [5.74, 6) is 1.29. The summed E-state index contributed by atoms with van der Waals surface area (Å²) in [6, 6.07) is 9.32. The molecule has 0 aliphatic carbocycles. The van der Waals surface area contributed by atoms with Gasteiger partial charge in [-0.25, -0.2) is 9.97 Å². The number of benzene rings is 1. The molecule has 0 aliphatic heterocycles. The normalized spacial score (nSPS) is 11.0. The molecule has 0 fully saturated rings. The number of fused-ring (bicyclic) bond motifs is 1. The smallest absolute Gasteiger partial charge is 0.260 e. The second kappa shape index (κ2) is 7.67. The van der Waals surface area contributed by atoms with E-state index in [0.29, 0.717) is 23.0 Å². The van der Waals surface area contributed by atoms with Crippen LogP contribution in [0.5, 0.6) is 5.75 Å². The van der Waals surface area contributed by atoms with Crippen LogP contribution in [0.25, 0.3) is 22.3 Å². The molecule has 4 aromatic rings. The molecule has 1 aromatic carbocycles. The van der Waals surface area contributed by atoms with Gasteiger partial charge in [0.05, 0.1) is 22.6 Å². The molecule has 1 N–H and O–H groups in total. The Morgan fingerprint density at radius 1 is 1.10 bits per heavy atom. The van der Waals surface area contributed by atoms with Crippen molar-refractivity contribution in [2.45, 2.75) is 20.0 Å². The first kappa shape index (κ1) is 18.5. The van der Waals surface area contributed by atoms with Crippen LogP contribution in [0.1, 0.15) is 24.2 Å². The first-order chi connectivity index (χ1) is 14.0. The Morgan fingerprint density at radius 3 is 2.52 bits per heavy atom. The van der Waals surface area contributed by atoms with Crippen molar-refractivity contribution in [1.29, 1.82) is 0 Å². The summed E-state index contributed by atoms with van der Waals surface area (Å²) in [4.78, 5) is 25.3. The molecule has 0 unspecified atom stereocenters. The van der Waals surface area contributed by atoms with Crippen molar-refractivity contribution in [3.05, 3.63) is 60.7 Å². The molecule has 29 heavy (non-hydrogen) atoms. The van der Waals surface area contributed by atoms with Crippen LogP contribution in [0.3, 0.4) is 0 Å². The van der Waals surface area contributed by atoms with Crippen molar-refractivity contribution in [1.82, 2.24) is 24.7 Å². The van der Waals surface area contributed by atoms with Crippen LogP contribution in [-0.2, 0) is 7.05 Å². The van der Waals surface area contributed by atoms with Crippen LogP contribution in [0, 0.1) is 0 Å². The highest BCUT2D eigenvalue weighted by molar-refractivity contribution is 6.09. The summed E-state index contributed by atoms with van der Waals surface area (Å²) in [5.41, 5.74) is 2.03. The van der Waals surface area contributed by atoms with Crippen molar-refractivity contribution in [2.75, 3.05) is 5.32 Å². The molecule has 0 bridgehead atoms. The summed E-state index contributed by atoms with van der Waals surface area (Å²) < 4.78 is 7.61. The van der Waals surface area contributed by atoms with Crippen LogP contribution >= 0.6 is 0 Å². The van der Waals surface area contributed by atoms with Gasteiger partial charge >= 0.3 is 0 Å². The lowest BCUT2D eigenvalue weighted by atomic mass is 10.2. The van der Waals surface area contributed by atoms with Gasteiger partial charge in [0, 0.05) is 37.4 Å². The number of hydrogen-bond donors (Lipinski definition) is 1. The number of nitrogens with zero attached hydrogens (tertiary/aromatic N) is 5. The molecule has 0 saturated carbocycles. The predicted octanol–water partition coefficient (Wildman–Crippen LogP) is 3.46. The molecule has 3 aromatic heterocycles. The Balaban J connectivity index is 1.62. The van der Waals surface area contributed by atoms with E-state index >= 15 is 0 Å².